The number of nitrogens with zero attached hydrogens (tertiary/aromatic N) is 1. The molecule has 2 aromatic carbocycles. The summed E-state index contributed by atoms with van der Waals surface area (Å²) >= 11 is 0. The van der Waals surface area contributed by atoms with Crippen LogP contribution in [0.15, 0.2) is 42.5 Å². The van der Waals surface area contributed by atoms with Gasteiger partial charge in [0.05, 0.1) is 5.56 Å². The Hall–Kier alpha value is -2.64. The van der Waals surface area contributed by atoms with E-state index in [-0.39, 0.29) is 16.9 Å². The summed E-state index contributed by atoms with van der Waals surface area (Å²) < 4.78 is 6.08. The molecule has 1 N–H and O–H groups in total. The van der Waals surface area contributed by atoms with Gasteiger partial charge in [-0.2, -0.15) is 5.26 Å². The third-order valence-electron chi connectivity index (χ3n) is 5.88. The minimum absolute atomic E-state index is 0.0336. The van der Waals surface area contributed by atoms with E-state index in [9.17, 15) is 10.1 Å². The van der Waals surface area contributed by atoms with Gasteiger partial charge in [-0.05, 0) is 88.8 Å². The van der Waals surface area contributed by atoms with Gasteiger partial charge in [0.25, 0.3) is 0 Å². The van der Waals surface area contributed by atoms with E-state index in [1.165, 1.54) is 0 Å². The summed E-state index contributed by atoms with van der Waals surface area (Å²) in [5.41, 5.74) is 2.32. The Labute approximate surface area is 186 Å². The number of ketones is 1. The Bertz CT molecular complexity index is 969. The third kappa shape index (κ3) is 5.95. The summed E-state index contributed by atoms with van der Waals surface area (Å²) in [6.07, 6.45) is 4.33. The van der Waals surface area contributed by atoms with Gasteiger partial charge in [-0.3, -0.25) is 4.79 Å². The largest absolute Gasteiger partial charge is 0.456 e. The van der Waals surface area contributed by atoms with Crippen molar-refractivity contribution in [3.05, 3.63) is 59.2 Å². The molecular weight excluding hydrogens is 384 g/mol. The molecule has 1 saturated heterocycles. The fourth-order valence-electron chi connectivity index (χ4n) is 5.14. The number of nitrogens with one attached hydrogen (secondary N) is 1. The van der Waals surface area contributed by atoms with Crippen molar-refractivity contribution in [3.63, 3.8) is 0 Å². The molecule has 1 fully saturated rings. The van der Waals surface area contributed by atoms with Gasteiger partial charge in [0.1, 0.15) is 17.6 Å². The molecule has 3 rings (SSSR count). The molecule has 0 radical (unpaired) electrons. The van der Waals surface area contributed by atoms with Gasteiger partial charge in [-0.15, -0.1) is 0 Å². The lowest BCUT2D eigenvalue weighted by Gasteiger charge is -2.46. The van der Waals surface area contributed by atoms with E-state index in [0.717, 1.165) is 36.8 Å². The fourth-order valence-corrected chi connectivity index (χ4v) is 5.14. The van der Waals surface area contributed by atoms with Gasteiger partial charge in [-0.25, -0.2) is 0 Å². The van der Waals surface area contributed by atoms with Crippen LogP contribution < -0.4 is 10.1 Å². The van der Waals surface area contributed by atoms with Crippen molar-refractivity contribution in [2.45, 2.75) is 77.8 Å². The Balaban J connectivity index is 1.80. The number of carbonyl (C=O) groups is 1. The van der Waals surface area contributed by atoms with Crippen LogP contribution in [0.5, 0.6) is 11.5 Å². The van der Waals surface area contributed by atoms with Gasteiger partial charge in [-0.1, -0.05) is 25.5 Å². The van der Waals surface area contributed by atoms with Crippen molar-refractivity contribution in [2.75, 3.05) is 0 Å². The number of benzene rings is 2. The molecule has 0 bridgehead atoms. The second-order valence-electron chi connectivity index (χ2n) is 10.1. The van der Waals surface area contributed by atoms with Crippen molar-refractivity contribution in [1.29, 1.82) is 5.26 Å². The number of rotatable bonds is 7. The van der Waals surface area contributed by atoms with E-state index in [1.54, 1.807) is 12.1 Å². The first-order valence-corrected chi connectivity index (χ1v) is 11.2. The van der Waals surface area contributed by atoms with Gasteiger partial charge >= 0.3 is 0 Å². The number of hydrogen-bond donors (Lipinski definition) is 1. The van der Waals surface area contributed by atoms with Crippen molar-refractivity contribution >= 4 is 5.78 Å². The molecule has 0 unspecified atom stereocenters. The zero-order valence-corrected chi connectivity index (χ0v) is 19.4. The quantitative estimate of drug-likeness (QED) is 0.526. The highest BCUT2D eigenvalue weighted by molar-refractivity contribution is 5.96. The Morgan fingerprint density at radius 2 is 1.77 bits per heavy atom. The van der Waals surface area contributed by atoms with Crippen LogP contribution >= 0.6 is 0 Å². The molecule has 0 aromatic heterocycles. The first kappa shape index (κ1) is 23.0. The lowest BCUT2D eigenvalue weighted by Crippen LogP contribution is -2.57. The molecule has 0 saturated carbocycles. The summed E-state index contributed by atoms with van der Waals surface area (Å²) in [4.78, 5) is 13.2. The predicted molar refractivity (Wildman–Crippen MR) is 125 cm³/mol. The standard InChI is InChI=1S/C27H34N2O2/c1-6-9-21-15-20(12-13-25(21)31-24-11-8-7-10-22(24)18-28)23(30)14-19-16-26(2,3)29-27(4,5)17-19/h7-8,10-13,15,19,29H,6,9,14,16-17H2,1-5H3. The molecular formula is C27H34N2O2. The van der Waals surface area contributed by atoms with E-state index in [1.807, 2.05) is 30.3 Å². The fraction of sp³-hybridized carbons (Fsp3) is 0.481. The number of Topliss-reactive ketones (excluding diaryl/α,β-unsaturated/α-hetero) is 1. The molecule has 4 nitrogen and oxygen atoms in total. The summed E-state index contributed by atoms with van der Waals surface area (Å²) in [5.74, 6) is 1.82. The maximum absolute atomic E-state index is 13.2. The Morgan fingerprint density at radius 1 is 1.10 bits per heavy atom. The molecule has 0 amide bonds. The van der Waals surface area contributed by atoms with E-state index >= 15 is 0 Å². The van der Waals surface area contributed by atoms with Gasteiger partial charge in [0.2, 0.25) is 0 Å². The van der Waals surface area contributed by atoms with Crippen molar-refractivity contribution < 1.29 is 9.53 Å². The maximum Gasteiger partial charge on any atom is 0.163 e. The first-order chi connectivity index (χ1) is 14.6. The maximum atomic E-state index is 13.2. The van der Waals surface area contributed by atoms with Gasteiger partial charge in [0, 0.05) is 23.1 Å². The van der Waals surface area contributed by atoms with Gasteiger partial charge < -0.3 is 10.1 Å². The highest BCUT2D eigenvalue weighted by Crippen LogP contribution is 2.36. The molecule has 0 atom stereocenters. The number of carbonyl (C=O) groups excluding carboxylic acids is 1. The summed E-state index contributed by atoms with van der Waals surface area (Å²) in [6, 6.07) is 15.1. The minimum atomic E-state index is 0.0336. The molecule has 2 aromatic rings. The highest BCUT2D eigenvalue weighted by atomic mass is 16.5. The lowest BCUT2D eigenvalue weighted by molar-refractivity contribution is 0.0864. The smallest absolute Gasteiger partial charge is 0.163 e. The van der Waals surface area contributed by atoms with Crippen LogP contribution in [0.3, 0.4) is 0 Å². The number of ether oxygens (including phenoxy) is 1. The zero-order chi connectivity index (χ0) is 22.6. The monoisotopic (exact) mass is 418 g/mol. The summed E-state index contributed by atoms with van der Waals surface area (Å²) in [6.45, 7) is 11.0. The predicted octanol–water partition coefficient (Wildman–Crippen LogP) is 6.43. The number of hydrogen-bond acceptors (Lipinski definition) is 4. The SMILES string of the molecule is CCCc1cc(C(=O)CC2CC(C)(C)NC(C)(C)C2)ccc1Oc1ccccc1C#N. The Kier molecular flexibility index (Phi) is 6.86. The third-order valence-corrected chi connectivity index (χ3v) is 5.88. The molecule has 0 aliphatic carbocycles. The van der Waals surface area contributed by atoms with E-state index in [2.05, 4.69) is 46.0 Å². The number of aryl methyl sites for hydroxylation is 1. The topological polar surface area (TPSA) is 62.1 Å². The van der Waals surface area contributed by atoms with Gasteiger partial charge in [0.15, 0.2) is 5.78 Å². The zero-order valence-electron chi connectivity index (χ0n) is 19.4. The highest BCUT2D eigenvalue weighted by Gasteiger charge is 2.38. The second-order valence-corrected chi connectivity index (χ2v) is 10.1. The van der Waals surface area contributed by atoms with Crippen LogP contribution in [-0.2, 0) is 6.42 Å². The summed E-state index contributed by atoms with van der Waals surface area (Å²) in [5, 5.41) is 13.0. The second kappa shape index (κ2) is 9.24. The first-order valence-electron chi connectivity index (χ1n) is 11.2. The van der Waals surface area contributed by atoms with Crippen molar-refractivity contribution in [3.8, 4) is 17.6 Å². The van der Waals surface area contributed by atoms with Crippen LogP contribution in [0.2, 0.25) is 0 Å². The van der Waals surface area contributed by atoms with Crippen LogP contribution in [-0.4, -0.2) is 16.9 Å². The Morgan fingerprint density at radius 3 is 2.42 bits per heavy atom. The molecule has 1 aliphatic rings. The molecule has 4 heteroatoms. The number of para-hydroxylation sites is 1. The number of piperidine rings is 1. The molecule has 31 heavy (non-hydrogen) atoms. The molecule has 1 heterocycles. The van der Waals surface area contributed by atoms with Crippen molar-refractivity contribution in [1.82, 2.24) is 5.32 Å². The van der Waals surface area contributed by atoms with Crippen molar-refractivity contribution in [2.24, 2.45) is 5.92 Å². The van der Waals surface area contributed by atoms with E-state index < -0.39 is 0 Å². The van der Waals surface area contributed by atoms with E-state index in [0.29, 0.717) is 29.4 Å². The molecule has 0 spiro atoms. The van der Waals surface area contributed by atoms with Crippen LogP contribution in [0.25, 0.3) is 0 Å². The average Bonchev–Trinajstić information content (AvgIpc) is 2.67. The normalized spacial score (nSPS) is 17.7. The van der Waals surface area contributed by atoms with E-state index in [4.69, 9.17) is 4.74 Å². The summed E-state index contributed by atoms with van der Waals surface area (Å²) in [7, 11) is 0. The van der Waals surface area contributed by atoms with Crippen LogP contribution in [0.1, 0.15) is 81.8 Å². The lowest BCUT2D eigenvalue weighted by atomic mass is 9.74. The minimum Gasteiger partial charge on any atom is -0.456 e. The van der Waals surface area contributed by atoms with Crippen LogP contribution in [0, 0.1) is 17.2 Å². The number of nitriles is 1. The average molecular weight is 419 g/mol. The molecule has 164 valence electrons. The molecule has 1 aliphatic heterocycles. The van der Waals surface area contributed by atoms with Crippen LogP contribution in [0.4, 0.5) is 0 Å².